The largest absolute Gasteiger partial charge is 0.441 e. The summed E-state index contributed by atoms with van der Waals surface area (Å²) in [6, 6.07) is 1.64. The van der Waals surface area contributed by atoms with Crippen LogP contribution in [0.25, 0.3) is 5.65 Å². The zero-order valence-electron chi connectivity index (χ0n) is 18.6. The third kappa shape index (κ3) is 4.35. The molecule has 3 atom stereocenters. The van der Waals surface area contributed by atoms with Crippen LogP contribution in [0.1, 0.15) is 42.8 Å². The summed E-state index contributed by atoms with van der Waals surface area (Å²) in [5.41, 5.74) is 2.62. The Kier molecular flexibility index (Phi) is 5.41. The molecule has 2 aliphatic rings. The van der Waals surface area contributed by atoms with Gasteiger partial charge in [0.05, 0.1) is 24.6 Å². The third-order valence-electron chi connectivity index (χ3n) is 5.90. The van der Waals surface area contributed by atoms with Crippen LogP contribution in [-0.2, 0) is 20.8 Å². The van der Waals surface area contributed by atoms with Gasteiger partial charge in [-0.15, -0.1) is 0 Å². The van der Waals surface area contributed by atoms with Crippen LogP contribution in [0.2, 0.25) is 0 Å². The maximum Gasteiger partial charge on any atom is 0.408 e. The molecule has 2 fully saturated rings. The van der Waals surface area contributed by atoms with E-state index in [4.69, 9.17) is 14.2 Å². The highest BCUT2D eigenvalue weighted by Crippen LogP contribution is 2.36. The van der Waals surface area contributed by atoms with Crippen molar-refractivity contribution in [3.8, 4) is 0 Å². The summed E-state index contributed by atoms with van der Waals surface area (Å²) in [6.45, 7) is 4.19. The van der Waals surface area contributed by atoms with E-state index in [0.29, 0.717) is 24.1 Å². The van der Waals surface area contributed by atoms with Gasteiger partial charge in [0, 0.05) is 36.7 Å². The van der Waals surface area contributed by atoms with E-state index in [1.807, 2.05) is 24.4 Å². The van der Waals surface area contributed by atoms with Crippen molar-refractivity contribution in [2.45, 2.75) is 57.2 Å². The van der Waals surface area contributed by atoms with Crippen molar-refractivity contribution >= 4 is 23.5 Å². The molecule has 5 rings (SSSR count). The number of carbonyl (C=O) groups is 1. The fourth-order valence-electron chi connectivity index (χ4n) is 3.78. The Hall–Kier alpha value is -3.25. The number of amides is 1. The lowest BCUT2D eigenvalue weighted by Gasteiger charge is -2.17. The predicted octanol–water partition coefficient (Wildman–Crippen LogP) is 2.71. The fraction of sp³-hybridized carbons (Fsp3) is 0.524. The topological polar surface area (TPSA) is 128 Å². The molecule has 12 heteroatoms. The number of nitrogens with one attached hydrogen (secondary N) is 3. The zero-order valence-corrected chi connectivity index (χ0v) is 18.6. The van der Waals surface area contributed by atoms with E-state index in [1.165, 1.54) is 0 Å². The number of H-pyrrole nitrogens is 1. The average Bonchev–Trinajstić information content (AvgIpc) is 3.15. The van der Waals surface area contributed by atoms with Gasteiger partial charge in [-0.3, -0.25) is 9.50 Å². The molecule has 0 radical (unpaired) electrons. The number of imidazole rings is 1. The quantitative estimate of drug-likeness (QED) is 0.492. The first-order chi connectivity index (χ1) is 15.8. The number of nitrogens with zero attached hydrogens (tertiary/aromatic N) is 4. The number of halogens is 1. The average molecular weight is 459 g/mol. The van der Waals surface area contributed by atoms with Crippen molar-refractivity contribution in [2.75, 3.05) is 19.0 Å². The van der Waals surface area contributed by atoms with Gasteiger partial charge < -0.3 is 24.8 Å². The number of ether oxygens (including phenoxy) is 3. The molecule has 3 aromatic rings. The van der Waals surface area contributed by atoms with Crippen molar-refractivity contribution in [1.82, 2.24) is 29.9 Å². The van der Waals surface area contributed by atoms with E-state index < -0.39 is 24.5 Å². The van der Waals surface area contributed by atoms with Gasteiger partial charge in [0.1, 0.15) is 11.8 Å². The number of aromatic nitrogens is 5. The van der Waals surface area contributed by atoms with Gasteiger partial charge in [0.15, 0.2) is 18.1 Å². The molecule has 1 saturated heterocycles. The van der Waals surface area contributed by atoms with Crippen LogP contribution in [-0.4, -0.2) is 62.2 Å². The van der Waals surface area contributed by atoms with Gasteiger partial charge in [-0.25, -0.2) is 19.2 Å². The number of rotatable bonds is 7. The number of aryl methyl sites for hydroxylation is 1. The molecule has 1 aliphatic heterocycles. The molecule has 1 amide bonds. The molecule has 3 aromatic heterocycles. The summed E-state index contributed by atoms with van der Waals surface area (Å²) in [4.78, 5) is 21.0. The second-order valence-electron chi connectivity index (χ2n) is 8.78. The summed E-state index contributed by atoms with van der Waals surface area (Å²) in [6.07, 6.45) is 1.28. The van der Waals surface area contributed by atoms with Gasteiger partial charge in [0.2, 0.25) is 5.95 Å². The van der Waals surface area contributed by atoms with E-state index in [2.05, 4.69) is 30.8 Å². The smallest absolute Gasteiger partial charge is 0.408 e. The number of alkyl carbamates (subject to hydrolysis) is 1. The molecule has 0 unspecified atom stereocenters. The van der Waals surface area contributed by atoms with Crippen LogP contribution >= 0.6 is 0 Å². The van der Waals surface area contributed by atoms with Crippen molar-refractivity contribution in [2.24, 2.45) is 0 Å². The summed E-state index contributed by atoms with van der Waals surface area (Å²) < 4.78 is 32.8. The molecule has 176 valence electrons. The Morgan fingerprint density at radius 1 is 1.45 bits per heavy atom. The normalized spacial score (nSPS) is 23.6. The minimum absolute atomic E-state index is 0.0325. The Morgan fingerprint density at radius 3 is 3.03 bits per heavy atom. The molecule has 4 heterocycles. The molecule has 1 saturated carbocycles. The Morgan fingerprint density at radius 2 is 2.27 bits per heavy atom. The number of methoxy groups -OCH3 is 1. The molecular weight excluding hydrogens is 433 g/mol. The maximum atomic E-state index is 15.0. The lowest BCUT2D eigenvalue weighted by atomic mass is 10.1. The monoisotopic (exact) mass is 459 g/mol. The van der Waals surface area contributed by atoms with Gasteiger partial charge in [-0.2, -0.15) is 5.10 Å². The van der Waals surface area contributed by atoms with Gasteiger partial charge in [0.25, 0.3) is 0 Å². The van der Waals surface area contributed by atoms with Crippen molar-refractivity contribution in [1.29, 1.82) is 0 Å². The third-order valence-corrected chi connectivity index (χ3v) is 5.90. The Bertz CT molecular complexity index is 1170. The first-order valence-corrected chi connectivity index (χ1v) is 10.7. The van der Waals surface area contributed by atoms with Crippen LogP contribution in [0.5, 0.6) is 0 Å². The van der Waals surface area contributed by atoms with Crippen LogP contribution in [0.3, 0.4) is 0 Å². The molecule has 1 aliphatic carbocycles. The maximum absolute atomic E-state index is 15.0. The number of anilines is 2. The number of aromatic amines is 1. The van der Waals surface area contributed by atoms with Crippen LogP contribution < -0.4 is 10.6 Å². The number of hydrogen-bond donors (Lipinski definition) is 3. The SMILES string of the molecule is COCc1cn2c(Nc3cc([C@@H]4OC[C@H](OC(=O)NC5(C)CC5)[C@@H]4F)[nH]n3)ncc(C)c2n1. The number of fused-ring (bicyclic) bond motifs is 1. The Balaban J connectivity index is 1.27. The molecule has 0 bridgehead atoms. The molecule has 0 spiro atoms. The number of carbonyl (C=O) groups excluding carboxylic acids is 1. The summed E-state index contributed by atoms with van der Waals surface area (Å²) in [7, 11) is 1.61. The predicted molar refractivity (Wildman–Crippen MR) is 115 cm³/mol. The summed E-state index contributed by atoms with van der Waals surface area (Å²) >= 11 is 0. The van der Waals surface area contributed by atoms with Crippen molar-refractivity contribution in [3.05, 3.63) is 35.4 Å². The summed E-state index contributed by atoms with van der Waals surface area (Å²) in [5.74, 6) is 0.934. The van der Waals surface area contributed by atoms with Crippen molar-refractivity contribution in [3.63, 3.8) is 0 Å². The van der Waals surface area contributed by atoms with Crippen LogP contribution in [0, 0.1) is 6.92 Å². The summed E-state index contributed by atoms with van der Waals surface area (Å²) in [5, 5.41) is 12.9. The number of alkyl halides is 1. The van der Waals surface area contributed by atoms with Gasteiger partial charge in [-0.05, 0) is 26.7 Å². The van der Waals surface area contributed by atoms with Crippen molar-refractivity contribution < 1.29 is 23.4 Å². The highest BCUT2D eigenvalue weighted by molar-refractivity contribution is 5.69. The minimum Gasteiger partial charge on any atom is -0.441 e. The lowest BCUT2D eigenvalue weighted by Crippen LogP contribution is -2.39. The fourth-order valence-corrected chi connectivity index (χ4v) is 3.78. The number of hydrogen-bond acceptors (Lipinski definition) is 8. The van der Waals surface area contributed by atoms with E-state index in [0.717, 1.165) is 29.7 Å². The van der Waals surface area contributed by atoms with E-state index >= 15 is 0 Å². The molecule has 11 nitrogen and oxygen atoms in total. The van der Waals surface area contributed by atoms with Crippen LogP contribution in [0.15, 0.2) is 18.5 Å². The minimum atomic E-state index is -1.52. The molecule has 0 aromatic carbocycles. The highest BCUT2D eigenvalue weighted by Gasteiger charge is 2.44. The lowest BCUT2D eigenvalue weighted by molar-refractivity contribution is 0.0604. The Labute approximate surface area is 189 Å². The zero-order chi connectivity index (χ0) is 23.2. The molecular formula is C21H26FN7O4. The molecule has 3 N–H and O–H groups in total. The second kappa shape index (κ2) is 8.27. The van der Waals surface area contributed by atoms with Gasteiger partial charge >= 0.3 is 6.09 Å². The second-order valence-corrected chi connectivity index (χ2v) is 8.78. The highest BCUT2D eigenvalue weighted by atomic mass is 19.1. The van der Waals surface area contributed by atoms with E-state index in [9.17, 15) is 9.18 Å². The van der Waals surface area contributed by atoms with Gasteiger partial charge in [-0.1, -0.05) is 0 Å². The van der Waals surface area contributed by atoms with E-state index in [1.54, 1.807) is 19.4 Å². The first-order valence-electron chi connectivity index (χ1n) is 10.7. The standard InChI is InChI=1S/C21H26FN7O4/c1-11-7-23-19(29-8-12(9-31-3)24-18(11)29)25-15-6-13(27-28-15)17-16(22)14(10-32-17)33-20(30)26-21(2)4-5-21/h6-8,14,16-17H,4-5,9-10H2,1-3H3,(H,26,30)(H2,23,25,27,28)/t14-,16-,17-/m0/s1. The van der Waals surface area contributed by atoms with Crippen LogP contribution in [0.4, 0.5) is 21.0 Å². The molecule has 33 heavy (non-hydrogen) atoms. The first kappa shape index (κ1) is 21.6. The van der Waals surface area contributed by atoms with E-state index in [-0.39, 0.29) is 12.1 Å².